The van der Waals surface area contributed by atoms with E-state index in [2.05, 4.69) is 5.32 Å². The molecule has 16 heavy (non-hydrogen) atoms. The lowest BCUT2D eigenvalue weighted by Crippen LogP contribution is -2.46. The minimum atomic E-state index is -0.0187. The van der Waals surface area contributed by atoms with Crippen LogP contribution in [0.3, 0.4) is 0 Å². The minimum Gasteiger partial charge on any atom is -0.380 e. The first kappa shape index (κ1) is 11.0. The van der Waals surface area contributed by atoms with Crippen molar-refractivity contribution in [3.05, 3.63) is 29.8 Å². The third-order valence-corrected chi connectivity index (χ3v) is 2.66. The summed E-state index contributed by atoms with van der Waals surface area (Å²) in [5.41, 5.74) is 1.99. The zero-order chi connectivity index (χ0) is 11.4. The number of carbonyl (C=O) groups excluding carboxylic acids is 1. The molecule has 1 aromatic rings. The first-order valence-corrected chi connectivity index (χ1v) is 5.45. The van der Waals surface area contributed by atoms with Gasteiger partial charge in [-0.05, 0) is 12.5 Å². The lowest BCUT2D eigenvalue weighted by Gasteiger charge is -2.29. The number of methoxy groups -OCH3 is 1. The van der Waals surface area contributed by atoms with E-state index in [1.807, 2.05) is 24.3 Å². The molecule has 0 radical (unpaired) electrons. The number of ether oxygens (including phenoxy) is 1. The molecule has 4 nitrogen and oxygen atoms in total. The van der Waals surface area contributed by atoms with Gasteiger partial charge in [0.25, 0.3) is 0 Å². The summed E-state index contributed by atoms with van der Waals surface area (Å²) in [6, 6.07) is 7.82. The van der Waals surface area contributed by atoms with E-state index in [-0.39, 0.29) is 6.03 Å². The van der Waals surface area contributed by atoms with Crippen molar-refractivity contribution in [1.82, 2.24) is 5.32 Å². The highest BCUT2D eigenvalue weighted by molar-refractivity contribution is 5.93. The highest BCUT2D eigenvalue weighted by Crippen LogP contribution is 2.22. The Morgan fingerprint density at radius 2 is 2.25 bits per heavy atom. The molecular weight excluding hydrogens is 204 g/mol. The number of carbonyl (C=O) groups is 1. The first-order chi connectivity index (χ1) is 7.83. The molecule has 1 N–H and O–H groups in total. The van der Waals surface area contributed by atoms with Gasteiger partial charge in [0.05, 0.1) is 12.3 Å². The summed E-state index contributed by atoms with van der Waals surface area (Å²) in [5, 5.41) is 2.85. The number of urea groups is 1. The quantitative estimate of drug-likeness (QED) is 0.843. The van der Waals surface area contributed by atoms with Crippen molar-refractivity contribution in [3.63, 3.8) is 0 Å². The molecule has 1 aliphatic rings. The summed E-state index contributed by atoms with van der Waals surface area (Å²) < 4.78 is 5.14. The van der Waals surface area contributed by atoms with Gasteiger partial charge in [0, 0.05) is 25.8 Å². The predicted octanol–water partition coefficient (Wildman–Crippen LogP) is 1.75. The smallest absolute Gasteiger partial charge is 0.321 e. The van der Waals surface area contributed by atoms with E-state index in [4.69, 9.17) is 4.74 Å². The summed E-state index contributed by atoms with van der Waals surface area (Å²) in [5.74, 6) is 0. The molecule has 0 aliphatic carbocycles. The molecule has 1 aliphatic heterocycles. The number of anilines is 1. The molecule has 1 heterocycles. The SMILES string of the molecule is COCc1ccccc1N1CCCNC1=O. The topological polar surface area (TPSA) is 41.6 Å². The van der Waals surface area contributed by atoms with Gasteiger partial charge in [0.1, 0.15) is 0 Å². The molecule has 1 saturated heterocycles. The second kappa shape index (κ2) is 4.99. The van der Waals surface area contributed by atoms with Gasteiger partial charge in [-0.15, -0.1) is 0 Å². The highest BCUT2D eigenvalue weighted by Gasteiger charge is 2.20. The van der Waals surface area contributed by atoms with Gasteiger partial charge in [-0.25, -0.2) is 4.79 Å². The number of rotatable bonds is 3. The number of para-hydroxylation sites is 1. The monoisotopic (exact) mass is 220 g/mol. The van der Waals surface area contributed by atoms with Crippen LogP contribution in [0.4, 0.5) is 10.5 Å². The molecule has 0 aromatic heterocycles. The molecular formula is C12H16N2O2. The van der Waals surface area contributed by atoms with Gasteiger partial charge in [0.2, 0.25) is 0 Å². The number of benzene rings is 1. The molecule has 2 amide bonds. The van der Waals surface area contributed by atoms with Crippen molar-refractivity contribution >= 4 is 11.7 Å². The van der Waals surface area contributed by atoms with Crippen molar-refractivity contribution in [2.75, 3.05) is 25.1 Å². The second-order valence-electron chi connectivity index (χ2n) is 3.80. The third kappa shape index (κ3) is 2.17. The van der Waals surface area contributed by atoms with Crippen LogP contribution in [0.15, 0.2) is 24.3 Å². The average molecular weight is 220 g/mol. The van der Waals surface area contributed by atoms with Crippen LogP contribution >= 0.6 is 0 Å². The van der Waals surface area contributed by atoms with Crippen molar-refractivity contribution in [1.29, 1.82) is 0 Å². The van der Waals surface area contributed by atoms with Crippen molar-refractivity contribution in [3.8, 4) is 0 Å². The summed E-state index contributed by atoms with van der Waals surface area (Å²) in [7, 11) is 1.66. The van der Waals surface area contributed by atoms with E-state index in [0.29, 0.717) is 6.61 Å². The van der Waals surface area contributed by atoms with E-state index < -0.39 is 0 Å². The van der Waals surface area contributed by atoms with Crippen LogP contribution in [0.5, 0.6) is 0 Å². The van der Waals surface area contributed by atoms with Crippen LogP contribution in [-0.4, -0.2) is 26.2 Å². The number of hydrogen-bond donors (Lipinski definition) is 1. The Labute approximate surface area is 95.2 Å². The summed E-state index contributed by atoms with van der Waals surface area (Å²) in [6.45, 7) is 2.06. The fourth-order valence-corrected chi connectivity index (χ4v) is 1.91. The van der Waals surface area contributed by atoms with Gasteiger partial charge in [-0.1, -0.05) is 18.2 Å². The predicted molar refractivity (Wildman–Crippen MR) is 62.5 cm³/mol. The molecule has 86 valence electrons. The van der Waals surface area contributed by atoms with Crippen LogP contribution < -0.4 is 10.2 Å². The molecule has 4 heteroatoms. The van der Waals surface area contributed by atoms with Gasteiger partial charge < -0.3 is 10.1 Å². The summed E-state index contributed by atoms with van der Waals surface area (Å²) in [6.07, 6.45) is 0.979. The Bertz CT molecular complexity index is 379. The maximum atomic E-state index is 11.7. The molecule has 2 rings (SSSR count). The second-order valence-corrected chi connectivity index (χ2v) is 3.80. The van der Waals surface area contributed by atoms with Crippen molar-refractivity contribution in [2.24, 2.45) is 0 Å². The molecule has 1 fully saturated rings. The third-order valence-electron chi connectivity index (χ3n) is 2.66. The molecule has 0 spiro atoms. The van der Waals surface area contributed by atoms with E-state index in [9.17, 15) is 4.79 Å². The number of nitrogens with one attached hydrogen (secondary N) is 1. The Hall–Kier alpha value is -1.55. The average Bonchev–Trinajstić information content (AvgIpc) is 2.31. The molecule has 1 aromatic carbocycles. The Morgan fingerprint density at radius 3 is 3.00 bits per heavy atom. The fraction of sp³-hybridized carbons (Fsp3) is 0.417. The summed E-state index contributed by atoms with van der Waals surface area (Å²) in [4.78, 5) is 13.5. The summed E-state index contributed by atoms with van der Waals surface area (Å²) >= 11 is 0. The van der Waals surface area contributed by atoms with E-state index >= 15 is 0 Å². The van der Waals surface area contributed by atoms with Gasteiger partial charge in [-0.2, -0.15) is 0 Å². The lowest BCUT2D eigenvalue weighted by atomic mass is 10.1. The first-order valence-electron chi connectivity index (χ1n) is 5.45. The Morgan fingerprint density at radius 1 is 1.44 bits per heavy atom. The van der Waals surface area contributed by atoms with Gasteiger partial charge in [-0.3, -0.25) is 4.90 Å². The molecule has 0 bridgehead atoms. The van der Waals surface area contributed by atoms with Gasteiger partial charge >= 0.3 is 6.03 Å². The van der Waals surface area contributed by atoms with Crippen LogP contribution in [0, 0.1) is 0 Å². The lowest BCUT2D eigenvalue weighted by molar-refractivity contribution is 0.185. The maximum Gasteiger partial charge on any atom is 0.321 e. The van der Waals surface area contributed by atoms with E-state index in [1.54, 1.807) is 12.0 Å². The maximum absolute atomic E-state index is 11.7. The van der Waals surface area contributed by atoms with Crippen LogP contribution in [-0.2, 0) is 11.3 Å². The van der Waals surface area contributed by atoms with Crippen LogP contribution in [0.2, 0.25) is 0 Å². The number of hydrogen-bond acceptors (Lipinski definition) is 2. The zero-order valence-corrected chi connectivity index (χ0v) is 9.40. The zero-order valence-electron chi connectivity index (χ0n) is 9.40. The Balaban J connectivity index is 2.27. The van der Waals surface area contributed by atoms with E-state index in [1.165, 1.54) is 0 Å². The van der Waals surface area contributed by atoms with Crippen LogP contribution in [0.1, 0.15) is 12.0 Å². The van der Waals surface area contributed by atoms with E-state index in [0.717, 1.165) is 30.8 Å². The Kier molecular flexibility index (Phi) is 3.41. The minimum absolute atomic E-state index is 0.0187. The molecule has 0 unspecified atom stereocenters. The number of amides is 2. The molecule has 0 atom stereocenters. The molecule has 0 saturated carbocycles. The largest absolute Gasteiger partial charge is 0.380 e. The normalized spacial score (nSPS) is 16.1. The van der Waals surface area contributed by atoms with Crippen LogP contribution in [0.25, 0.3) is 0 Å². The highest BCUT2D eigenvalue weighted by atomic mass is 16.5. The van der Waals surface area contributed by atoms with Crippen molar-refractivity contribution < 1.29 is 9.53 Å². The number of nitrogens with zero attached hydrogens (tertiary/aromatic N) is 1. The fourth-order valence-electron chi connectivity index (χ4n) is 1.91. The standard InChI is InChI=1S/C12H16N2O2/c1-16-9-10-5-2-3-6-11(10)14-8-4-7-13-12(14)15/h2-3,5-6H,4,7-9H2,1H3,(H,13,15). The van der Waals surface area contributed by atoms with Gasteiger partial charge in [0.15, 0.2) is 0 Å². The van der Waals surface area contributed by atoms with Crippen molar-refractivity contribution in [2.45, 2.75) is 13.0 Å².